The summed E-state index contributed by atoms with van der Waals surface area (Å²) in [6, 6.07) is 4.44. The van der Waals surface area contributed by atoms with E-state index in [1.807, 2.05) is 0 Å². The highest BCUT2D eigenvalue weighted by atomic mass is 14.7. The fourth-order valence-corrected chi connectivity index (χ4v) is 2.10. The molecule has 78 valence electrons. The SMILES string of the molecule is Cc1cc(C)c([C@H](N)CCN)c(C)c1. The molecule has 0 aliphatic carbocycles. The van der Waals surface area contributed by atoms with Crippen LogP contribution < -0.4 is 11.5 Å². The molecule has 14 heavy (non-hydrogen) atoms. The molecule has 0 aromatic heterocycles. The second kappa shape index (κ2) is 4.58. The van der Waals surface area contributed by atoms with Crippen LogP contribution in [-0.2, 0) is 0 Å². The van der Waals surface area contributed by atoms with E-state index in [0.717, 1.165) is 6.42 Å². The number of benzene rings is 1. The molecule has 2 nitrogen and oxygen atoms in total. The first-order valence-electron chi connectivity index (χ1n) is 5.09. The Bertz CT molecular complexity index is 295. The van der Waals surface area contributed by atoms with Crippen LogP contribution in [0.25, 0.3) is 0 Å². The van der Waals surface area contributed by atoms with Crippen molar-refractivity contribution in [1.29, 1.82) is 0 Å². The zero-order valence-corrected chi connectivity index (χ0v) is 9.30. The van der Waals surface area contributed by atoms with Crippen molar-refractivity contribution in [2.45, 2.75) is 33.2 Å². The third-order valence-corrected chi connectivity index (χ3v) is 2.59. The van der Waals surface area contributed by atoms with Crippen LogP contribution in [-0.4, -0.2) is 6.54 Å². The highest BCUT2D eigenvalue weighted by Crippen LogP contribution is 2.23. The number of aryl methyl sites for hydroxylation is 3. The monoisotopic (exact) mass is 192 g/mol. The van der Waals surface area contributed by atoms with Crippen LogP contribution in [0.15, 0.2) is 12.1 Å². The molecule has 1 aromatic rings. The Kier molecular flexibility index (Phi) is 3.67. The van der Waals surface area contributed by atoms with Crippen molar-refractivity contribution in [1.82, 2.24) is 0 Å². The van der Waals surface area contributed by atoms with E-state index in [-0.39, 0.29) is 6.04 Å². The van der Waals surface area contributed by atoms with Crippen molar-refractivity contribution >= 4 is 0 Å². The summed E-state index contributed by atoms with van der Waals surface area (Å²) in [5.74, 6) is 0. The first-order chi connectivity index (χ1) is 6.56. The molecule has 0 aliphatic rings. The fraction of sp³-hybridized carbons (Fsp3) is 0.500. The molecule has 0 bridgehead atoms. The van der Waals surface area contributed by atoms with Crippen LogP contribution in [0.5, 0.6) is 0 Å². The van der Waals surface area contributed by atoms with Crippen LogP contribution in [0.2, 0.25) is 0 Å². The van der Waals surface area contributed by atoms with Crippen molar-refractivity contribution in [2.75, 3.05) is 6.54 Å². The van der Waals surface area contributed by atoms with E-state index in [9.17, 15) is 0 Å². The largest absolute Gasteiger partial charge is 0.330 e. The van der Waals surface area contributed by atoms with Crippen LogP contribution in [0.3, 0.4) is 0 Å². The van der Waals surface area contributed by atoms with Gasteiger partial charge in [0.1, 0.15) is 0 Å². The minimum absolute atomic E-state index is 0.0839. The highest BCUT2D eigenvalue weighted by Gasteiger charge is 2.11. The predicted octanol–water partition coefficient (Wildman–Crippen LogP) is 1.96. The maximum atomic E-state index is 6.08. The van der Waals surface area contributed by atoms with Crippen molar-refractivity contribution in [2.24, 2.45) is 11.5 Å². The third-order valence-electron chi connectivity index (χ3n) is 2.59. The fourth-order valence-electron chi connectivity index (χ4n) is 2.10. The van der Waals surface area contributed by atoms with Gasteiger partial charge in [-0.25, -0.2) is 0 Å². The molecule has 1 rings (SSSR count). The Morgan fingerprint density at radius 1 is 1.14 bits per heavy atom. The predicted molar refractivity (Wildman–Crippen MR) is 61.3 cm³/mol. The van der Waals surface area contributed by atoms with Gasteiger partial charge in [-0.2, -0.15) is 0 Å². The number of hydrogen-bond donors (Lipinski definition) is 2. The van der Waals surface area contributed by atoms with Gasteiger partial charge in [-0.1, -0.05) is 17.7 Å². The molecule has 0 spiro atoms. The van der Waals surface area contributed by atoms with E-state index >= 15 is 0 Å². The second-order valence-electron chi connectivity index (χ2n) is 4.00. The van der Waals surface area contributed by atoms with Crippen molar-refractivity contribution in [3.05, 3.63) is 34.4 Å². The lowest BCUT2D eigenvalue weighted by molar-refractivity contribution is 0.653. The van der Waals surface area contributed by atoms with E-state index in [4.69, 9.17) is 11.5 Å². The molecular formula is C12H20N2. The summed E-state index contributed by atoms with van der Waals surface area (Å²) in [6.07, 6.45) is 0.852. The van der Waals surface area contributed by atoms with Gasteiger partial charge in [0.25, 0.3) is 0 Å². The smallest absolute Gasteiger partial charge is 0.0312 e. The Balaban J connectivity index is 3.07. The lowest BCUT2D eigenvalue weighted by atomic mass is 9.93. The van der Waals surface area contributed by atoms with Gasteiger partial charge in [0.2, 0.25) is 0 Å². The molecule has 0 unspecified atom stereocenters. The van der Waals surface area contributed by atoms with E-state index in [0.29, 0.717) is 6.54 Å². The molecule has 4 N–H and O–H groups in total. The number of nitrogens with two attached hydrogens (primary N) is 2. The van der Waals surface area contributed by atoms with Crippen LogP contribution >= 0.6 is 0 Å². The molecule has 2 heteroatoms. The highest BCUT2D eigenvalue weighted by molar-refractivity contribution is 5.39. The minimum atomic E-state index is 0.0839. The van der Waals surface area contributed by atoms with Crippen molar-refractivity contribution < 1.29 is 0 Å². The van der Waals surface area contributed by atoms with Gasteiger partial charge in [0.05, 0.1) is 0 Å². The van der Waals surface area contributed by atoms with E-state index in [2.05, 4.69) is 32.9 Å². The Hall–Kier alpha value is -0.860. The molecule has 0 saturated heterocycles. The maximum absolute atomic E-state index is 6.08. The lowest BCUT2D eigenvalue weighted by Gasteiger charge is -2.17. The number of hydrogen-bond acceptors (Lipinski definition) is 2. The Labute approximate surface area is 86.3 Å². The first kappa shape index (κ1) is 11.2. The standard InChI is InChI=1S/C12H20N2/c1-8-6-9(2)12(10(3)7-8)11(14)4-5-13/h6-7,11H,4-5,13-14H2,1-3H3/t11-/m1/s1. The summed E-state index contributed by atoms with van der Waals surface area (Å²) < 4.78 is 0. The first-order valence-corrected chi connectivity index (χ1v) is 5.09. The molecule has 0 radical (unpaired) electrons. The molecular weight excluding hydrogens is 172 g/mol. The molecule has 0 amide bonds. The molecule has 1 aromatic carbocycles. The van der Waals surface area contributed by atoms with E-state index in [1.165, 1.54) is 22.3 Å². The molecule has 0 fully saturated rings. The molecule has 0 aliphatic heterocycles. The molecule has 1 atom stereocenters. The average Bonchev–Trinajstić information content (AvgIpc) is 2.01. The van der Waals surface area contributed by atoms with Crippen LogP contribution in [0.4, 0.5) is 0 Å². The topological polar surface area (TPSA) is 52.0 Å². The van der Waals surface area contributed by atoms with Gasteiger partial charge in [0, 0.05) is 6.04 Å². The Morgan fingerprint density at radius 3 is 2.07 bits per heavy atom. The zero-order valence-electron chi connectivity index (χ0n) is 9.30. The molecule has 0 saturated carbocycles. The van der Waals surface area contributed by atoms with Crippen LogP contribution in [0.1, 0.15) is 34.7 Å². The summed E-state index contributed by atoms with van der Waals surface area (Å²) >= 11 is 0. The summed E-state index contributed by atoms with van der Waals surface area (Å²) in [7, 11) is 0. The summed E-state index contributed by atoms with van der Waals surface area (Å²) in [4.78, 5) is 0. The quantitative estimate of drug-likeness (QED) is 0.769. The summed E-state index contributed by atoms with van der Waals surface area (Å²) in [5.41, 5.74) is 16.7. The Morgan fingerprint density at radius 2 is 1.64 bits per heavy atom. The van der Waals surface area contributed by atoms with E-state index < -0.39 is 0 Å². The summed E-state index contributed by atoms with van der Waals surface area (Å²) in [5, 5.41) is 0. The molecule has 0 heterocycles. The van der Waals surface area contributed by atoms with Gasteiger partial charge < -0.3 is 11.5 Å². The summed E-state index contributed by atoms with van der Waals surface area (Å²) in [6.45, 7) is 6.99. The van der Waals surface area contributed by atoms with Gasteiger partial charge in [-0.15, -0.1) is 0 Å². The van der Waals surface area contributed by atoms with Gasteiger partial charge in [-0.05, 0) is 50.4 Å². The lowest BCUT2D eigenvalue weighted by Crippen LogP contribution is -2.17. The van der Waals surface area contributed by atoms with Gasteiger partial charge >= 0.3 is 0 Å². The van der Waals surface area contributed by atoms with E-state index in [1.54, 1.807) is 0 Å². The minimum Gasteiger partial charge on any atom is -0.330 e. The number of rotatable bonds is 3. The third kappa shape index (κ3) is 2.34. The maximum Gasteiger partial charge on any atom is 0.0312 e. The zero-order chi connectivity index (χ0) is 10.7. The average molecular weight is 192 g/mol. The van der Waals surface area contributed by atoms with Crippen LogP contribution in [0, 0.1) is 20.8 Å². The van der Waals surface area contributed by atoms with Gasteiger partial charge in [-0.3, -0.25) is 0 Å². The van der Waals surface area contributed by atoms with Gasteiger partial charge in [0.15, 0.2) is 0 Å². The second-order valence-corrected chi connectivity index (χ2v) is 4.00. The van der Waals surface area contributed by atoms with Crippen molar-refractivity contribution in [3.8, 4) is 0 Å². The van der Waals surface area contributed by atoms with Crippen molar-refractivity contribution in [3.63, 3.8) is 0 Å². The normalized spacial score (nSPS) is 12.9.